The van der Waals surface area contributed by atoms with Crippen molar-refractivity contribution >= 4 is 26.7 Å². The lowest BCUT2D eigenvalue weighted by Crippen LogP contribution is -2.45. The van der Waals surface area contributed by atoms with Crippen LogP contribution in [0.25, 0.3) is 33.3 Å². The maximum Gasteiger partial charge on any atom is 0.316 e. The third-order valence-electron chi connectivity index (χ3n) is 6.87. The highest BCUT2D eigenvalue weighted by molar-refractivity contribution is 6.38. The van der Waals surface area contributed by atoms with Gasteiger partial charge in [-0.1, -0.05) is 5.16 Å². The Labute approximate surface area is 204 Å². The van der Waals surface area contributed by atoms with E-state index in [1.54, 1.807) is 29.4 Å². The molecule has 1 saturated carbocycles. The summed E-state index contributed by atoms with van der Waals surface area (Å²) in [7, 11) is 14.9. The normalized spacial score (nSPS) is 16.6. The zero-order valence-corrected chi connectivity index (χ0v) is 19.8. The SMILES string of the molecule is [B]C([B])(C1CCC(F)(F)CC1)n1cc(-c2cnc(OC)nc2)c2ncc(-c3c(C)noc3C)cc21. The molecule has 0 unspecified atom stereocenters. The van der Waals surface area contributed by atoms with E-state index in [0.29, 0.717) is 22.4 Å². The Bertz CT molecular complexity index is 1360. The lowest BCUT2D eigenvalue weighted by atomic mass is 9.52. The number of fused-ring (bicyclic) bond motifs is 1. The van der Waals surface area contributed by atoms with E-state index in [0.717, 1.165) is 22.4 Å². The van der Waals surface area contributed by atoms with Gasteiger partial charge in [-0.3, -0.25) is 4.98 Å². The second-order valence-electron chi connectivity index (χ2n) is 9.18. The first kappa shape index (κ1) is 23.5. The fourth-order valence-electron chi connectivity index (χ4n) is 4.93. The van der Waals surface area contributed by atoms with Crippen molar-refractivity contribution in [2.45, 2.75) is 50.8 Å². The average molecular weight is 473 g/mol. The van der Waals surface area contributed by atoms with Crippen LogP contribution in [0.1, 0.15) is 37.1 Å². The van der Waals surface area contributed by atoms with E-state index >= 15 is 0 Å². The molecule has 11 heteroatoms. The summed E-state index contributed by atoms with van der Waals surface area (Å²) in [6, 6.07) is 2.16. The van der Waals surface area contributed by atoms with E-state index < -0.39 is 11.3 Å². The van der Waals surface area contributed by atoms with E-state index in [9.17, 15) is 8.78 Å². The van der Waals surface area contributed by atoms with Gasteiger partial charge in [0.25, 0.3) is 0 Å². The summed E-state index contributed by atoms with van der Waals surface area (Å²) in [5.74, 6) is -2.37. The molecule has 1 aliphatic rings. The van der Waals surface area contributed by atoms with Crippen molar-refractivity contribution in [1.29, 1.82) is 0 Å². The first-order valence-corrected chi connectivity index (χ1v) is 11.4. The van der Waals surface area contributed by atoms with Crippen LogP contribution in [0.5, 0.6) is 6.01 Å². The largest absolute Gasteiger partial charge is 0.467 e. The van der Waals surface area contributed by atoms with Crippen LogP contribution in [0.2, 0.25) is 0 Å². The van der Waals surface area contributed by atoms with Crippen molar-refractivity contribution in [2.24, 2.45) is 5.92 Å². The molecule has 1 fully saturated rings. The molecule has 4 aromatic heterocycles. The van der Waals surface area contributed by atoms with Crippen molar-refractivity contribution in [3.63, 3.8) is 0 Å². The van der Waals surface area contributed by atoms with Crippen molar-refractivity contribution in [1.82, 2.24) is 24.7 Å². The maximum absolute atomic E-state index is 13.9. The van der Waals surface area contributed by atoms with Gasteiger partial charge in [-0.15, -0.1) is 0 Å². The second kappa shape index (κ2) is 8.46. The molecule has 35 heavy (non-hydrogen) atoms. The predicted molar refractivity (Wildman–Crippen MR) is 129 cm³/mol. The van der Waals surface area contributed by atoms with Crippen LogP contribution in [0, 0.1) is 19.8 Å². The molecule has 4 heterocycles. The zero-order valence-electron chi connectivity index (χ0n) is 19.8. The van der Waals surface area contributed by atoms with Crippen molar-refractivity contribution < 1.29 is 18.0 Å². The predicted octanol–water partition coefficient (Wildman–Crippen LogP) is 4.55. The fourth-order valence-corrected chi connectivity index (χ4v) is 4.93. The summed E-state index contributed by atoms with van der Waals surface area (Å²) in [5.41, 5.74) is 5.06. The molecule has 0 atom stereocenters. The van der Waals surface area contributed by atoms with Gasteiger partial charge >= 0.3 is 6.01 Å². The number of halogens is 2. The number of hydrogen-bond donors (Lipinski definition) is 0. The van der Waals surface area contributed by atoms with E-state index in [-0.39, 0.29) is 37.6 Å². The molecular weight excluding hydrogens is 450 g/mol. The van der Waals surface area contributed by atoms with Gasteiger partial charge < -0.3 is 13.8 Å². The van der Waals surface area contributed by atoms with Crippen LogP contribution < -0.4 is 4.74 Å². The number of aryl methyl sites for hydroxylation is 2. The van der Waals surface area contributed by atoms with Crippen LogP contribution >= 0.6 is 0 Å². The molecule has 0 N–H and O–H groups in total. The number of aromatic nitrogens is 5. The Morgan fingerprint density at radius 2 is 1.74 bits per heavy atom. The smallest absolute Gasteiger partial charge is 0.316 e. The molecular formula is C24H23B2F2N5O2. The monoisotopic (exact) mass is 473 g/mol. The van der Waals surface area contributed by atoms with Crippen LogP contribution in [0.3, 0.4) is 0 Å². The molecule has 1 aliphatic carbocycles. The molecule has 0 spiro atoms. The van der Waals surface area contributed by atoms with Gasteiger partial charge in [0.05, 0.1) is 39.5 Å². The molecule has 0 aromatic carbocycles. The van der Waals surface area contributed by atoms with Gasteiger partial charge in [0.2, 0.25) is 5.92 Å². The van der Waals surface area contributed by atoms with Gasteiger partial charge in [-0.2, -0.15) is 0 Å². The molecule has 4 radical (unpaired) electrons. The van der Waals surface area contributed by atoms with E-state index in [2.05, 4.69) is 15.1 Å². The van der Waals surface area contributed by atoms with E-state index in [4.69, 9.17) is 29.9 Å². The highest BCUT2D eigenvalue weighted by Gasteiger charge is 2.41. The summed E-state index contributed by atoms with van der Waals surface area (Å²) in [4.78, 5) is 13.1. The molecule has 0 amide bonds. The van der Waals surface area contributed by atoms with Crippen LogP contribution in [-0.4, -0.2) is 53.4 Å². The average Bonchev–Trinajstić information content (AvgIpc) is 3.38. The summed E-state index contributed by atoms with van der Waals surface area (Å²) in [5, 5.41) is 2.62. The molecule has 7 nitrogen and oxygen atoms in total. The topological polar surface area (TPSA) is 78.9 Å². The Kier molecular flexibility index (Phi) is 5.68. The minimum atomic E-state index is -2.69. The first-order chi connectivity index (χ1) is 16.6. The maximum atomic E-state index is 13.9. The number of nitrogens with zero attached hydrogens (tertiary/aromatic N) is 5. The Balaban J connectivity index is 1.68. The highest BCUT2D eigenvalue weighted by atomic mass is 19.3. The fraction of sp³-hybridized carbons (Fsp3) is 0.417. The van der Waals surface area contributed by atoms with Crippen molar-refractivity contribution in [3.05, 3.63) is 42.3 Å². The van der Waals surface area contributed by atoms with Crippen LogP contribution in [0.4, 0.5) is 8.78 Å². The summed E-state index contributed by atoms with van der Waals surface area (Å²) >= 11 is 0. The lowest BCUT2D eigenvalue weighted by Gasteiger charge is -2.42. The molecule has 4 aromatic rings. The molecule has 176 valence electrons. The summed E-state index contributed by atoms with van der Waals surface area (Å²) in [6.07, 6.45) is 6.75. The molecule has 0 saturated heterocycles. The summed E-state index contributed by atoms with van der Waals surface area (Å²) in [6.45, 7) is 3.69. The van der Waals surface area contributed by atoms with Crippen LogP contribution in [-0.2, 0) is 5.34 Å². The molecule has 0 bridgehead atoms. The van der Waals surface area contributed by atoms with Gasteiger partial charge in [0.1, 0.15) is 5.76 Å². The quantitative estimate of drug-likeness (QED) is 0.396. The highest BCUT2D eigenvalue weighted by Crippen LogP contribution is 2.43. The van der Waals surface area contributed by atoms with E-state index in [1.165, 1.54) is 7.11 Å². The lowest BCUT2D eigenvalue weighted by molar-refractivity contribution is -0.0498. The van der Waals surface area contributed by atoms with Gasteiger partial charge in [0, 0.05) is 59.9 Å². The van der Waals surface area contributed by atoms with E-state index in [1.807, 2.05) is 19.9 Å². The van der Waals surface area contributed by atoms with Gasteiger partial charge in [-0.25, -0.2) is 18.7 Å². The number of methoxy groups -OCH3 is 1. The van der Waals surface area contributed by atoms with Crippen LogP contribution in [0.15, 0.2) is 35.4 Å². The van der Waals surface area contributed by atoms with Gasteiger partial charge in [-0.05, 0) is 44.0 Å². The van der Waals surface area contributed by atoms with Crippen molar-refractivity contribution in [3.8, 4) is 28.3 Å². The molecule has 0 aliphatic heterocycles. The number of ether oxygens (including phenoxy) is 1. The third kappa shape index (κ3) is 4.10. The zero-order chi connectivity index (χ0) is 25.0. The number of hydrogen-bond acceptors (Lipinski definition) is 6. The number of alkyl halides is 2. The molecule has 5 rings (SSSR count). The number of rotatable bonds is 5. The third-order valence-corrected chi connectivity index (χ3v) is 6.87. The standard InChI is InChI=1S/C24H23B2F2N5O2/c1-13-20(14(2)35-32-13)15-8-19-21(29-9-15)18(16-10-30-22(34-3)31-11-16)12-33(19)24(25,26)17-4-6-23(27,28)7-5-17/h8-12,17H,4-7H2,1-3H3. The van der Waals surface area contributed by atoms with Crippen molar-refractivity contribution in [2.75, 3.05) is 7.11 Å². The Morgan fingerprint density at radius 3 is 2.34 bits per heavy atom. The van der Waals surface area contributed by atoms with Gasteiger partial charge in [0.15, 0.2) is 0 Å². The second-order valence-corrected chi connectivity index (χ2v) is 9.18. The minimum Gasteiger partial charge on any atom is -0.467 e. The Hall–Kier alpha value is -3.23. The number of pyridine rings is 1. The minimum absolute atomic E-state index is 0.220. The Morgan fingerprint density at radius 1 is 1.09 bits per heavy atom. The summed E-state index contributed by atoms with van der Waals surface area (Å²) < 4.78 is 39.9. The first-order valence-electron chi connectivity index (χ1n) is 11.4.